The molecular weight excluding hydrogens is 98.1 g/mol. The van der Waals surface area contributed by atoms with Gasteiger partial charge in [0, 0.05) is 12.1 Å². The van der Waals surface area contributed by atoms with Crippen molar-refractivity contribution in [2.75, 3.05) is 7.05 Å². The third kappa shape index (κ3) is 0.510. The molecule has 1 heteroatoms. The van der Waals surface area contributed by atoms with Gasteiger partial charge in [0.05, 0.1) is 0 Å². The van der Waals surface area contributed by atoms with Crippen molar-refractivity contribution < 1.29 is 0 Å². The molecule has 1 aliphatic carbocycles. The largest absolute Gasteiger partial charge is 0.297 e. The van der Waals surface area contributed by atoms with Gasteiger partial charge in [-0.3, -0.25) is 4.90 Å². The van der Waals surface area contributed by atoms with Crippen LogP contribution in [-0.2, 0) is 0 Å². The van der Waals surface area contributed by atoms with E-state index < -0.39 is 0 Å². The molecular formula is C7H13N. The van der Waals surface area contributed by atoms with Crippen LogP contribution in [0.5, 0.6) is 0 Å². The average molecular weight is 111 g/mol. The summed E-state index contributed by atoms with van der Waals surface area (Å²) in [6.45, 7) is 2.32. The molecule has 0 bridgehead atoms. The summed E-state index contributed by atoms with van der Waals surface area (Å²) in [5, 5.41) is 0. The van der Waals surface area contributed by atoms with Crippen molar-refractivity contribution in [1.29, 1.82) is 0 Å². The second kappa shape index (κ2) is 1.27. The third-order valence-electron chi connectivity index (χ3n) is 2.62. The van der Waals surface area contributed by atoms with Gasteiger partial charge in [0.2, 0.25) is 0 Å². The molecule has 1 heterocycles. The summed E-state index contributed by atoms with van der Waals surface area (Å²) in [5.41, 5.74) is 0. The summed E-state index contributed by atoms with van der Waals surface area (Å²) in [5.74, 6) is 1.09. The fraction of sp³-hybridized carbons (Fsp3) is 1.00. The van der Waals surface area contributed by atoms with Gasteiger partial charge in [-0.15, -0.1) is 0 Å². The molecule has 0 aromatic carbocycles. The molecule has 1 saturated carbocycles. The van der Waals surface area contributed by atoms with Gasteiger partial charge in [-0.25, -0.2) is 0 Å². The zero-order valence-electron chi connectivity index (χ0n) is 5.59. The maximum absolute atomic E-state index is 2.47. The maximum Gasteiger partial charge on any atom is 0.0277 e. The Hall–Kier alpha value is -0.0400. The molecule has 0 radical (unpaired) electrons. The van der Waals surface area contributed by atoms with Crippen molar-refractivity contribution in [2.24, 2.45) is 5.92 Å². The summed E-state index contributed by atoms with van der Waals surface area (Å²) in [4.78, 5) is 2.47. The molecule has 0 aromatic rings. The summed E-state index contributed by atoms with van der Waals surface area (Å²) >= 11 is 0. The average Bonchev–Trinajstić information content (AvgIpc) is 2.52. The topological polar surface area (TPSA) is 3.01 Å². The van der Waals surface area contributed by atoms with Gasteiger partial charge >= 0.3 is 0 Å². The first-order valence-corrected chi connectivity index (χ1v) is 3.52. The highest BCUT2D eigenvalue weighted by Crippen LogP contribution is 2.45. The van der Waals surface area contributed by atoms with Crippen molar-refractivity contribution in [1.82, 2.24) is 4.90 Å². The zero-order chi connectivity index (χ0) is 5.72. The number of likely N-dealkylation sites (N-methyl/N-ethyl adjacent to an activating group) is 1. The fourth-order valence-corrected chi connectivity index (χ4v) is 1.69. The van der Waals surface area contributed by atoms with E-state index in [2.05, 4.69) is 18.9 Å². The molecule has 2 aliphatic rings. The molecule has 1 aliphatic heterocycles. The van der Waals surface area contributed by atoms with Crippen LogP contribution in [0.15, 0.2) is 0 Å². The molecule has 0 aromatic heterocycles. The number of hydrogen-bond donors (Lipinski definition) is 0. The molecule has 1 saturated heterocycles. The lowest BCUT2D eigenvalue weighted by Gasteiger charge is -1.85. The Morgan fingerprint density at radius 1 is 1.38 bits per heavy atom. The lowest BCUT2D eigenvalue weighted by molar-refractivity contribution is 0.563. The lowest BCUT2D eigenvalue weighted by atomic mass is 10.2. The van der Waals surface area contributed by atoms with Crippen molar-refractivity contribution in [3.8, 4) is 0 Å². The maximum atomic E-state index is 2.47. The van der Waals surface area contributed by atoms with E-state index in [0.717, 1.165) is 18.0 Å². The molecule has 0 N–H and O–H groups in total. The number of hydrogen-bond acceptors (Lipinski definition) is 1. The van der Waals surface area contributed by atoms with Crippen LogP contribution in [0.4, 0.5) is 0 Å². The van der Waals surface area contributed by atoms with E-state index in [9.17, 15) is 0 Å². The quantitative estimate of drug-likeness (QED) is 0.458. The van der Waals surface area contributed by atoms with Gasteiger partial charge in [0.1, 0.15) is 0 Å². The van der Waals surface area contributed by atoms with E-state index in [-0.39, 0.29) is 0 Å². The molecule has 2 rings (SSSR count). The summed E-state index contributed by atoms with van der Waals surface area (Å²) in [6.07, 6.45) is 3.00. The predicted octanol–water partition coefficient (Wildman–Crippen LogP) is 1.10. The molecule has 2 unspecified atom stereocenters. The summed E-state index contributed by atoms with van der Waals surface area (Å²) in [6, 6.07) is 1.89. The third-order valence-corrected chi connectivity index (χ3v) is 2.62. The minimum absolute atomic E-state index is 0.905. The first-order valence-electron chi connectivity index (χ1n) is 3.52. The Labute approximate surface area is 50.7 Å². The molecule has 0 amide bonds. The Kier molecular flexibility index (Phi) is 0.762. The van der Waals surface area contributed by atoms with Crippen LogP contribution in [0.25, 0.3) is 0 Å². The van der Waals surface area contributed by atoms with Gasteiger partial charge < -0.3 is 0 Å². The van der Waals surface area contributed by atoms with Crippen LogP contribution in [0.1, 0.15) is 19.8 Å². The molecule has 8 heavy (non-hydrogen) atoms. The monoisotopic (exact) mass is 111 g/mol. The van der Waals surface area contributed by atoms with Gasteiger partial charge in [0.15, 0.2) is 0 Å². The highest BCUT2D eigenvalue weighted by Gasteiger charge is 2.49. The number of rotatable bonds is 1. The Bertz CT molecular complexity index is 96.2. The van der Waals surface area contributed by atoms with Crippen LogP contribution in [0.2, 0.25) is 0 Å². The van der Waals surface area contributed by atoms with E-state index in [1.165, 1.54) is 12.8 Å². The van der Waals surface area contributed by atoms with Crippen molar-refractivity contribution in [3.63, 3.8) is 0 Å². The minimum atomic E-state index is 0.905. The van der Waals surface area contributed by atoms with Gasteiger partial charge in [-0.05, 0) is 32.7 Å². The van der Waals surface area contributed by atoms with Crippen LogP contribution in [-0.4, -0.2) is 24.0 Å². The first-order chi connectivity index (χ1) is 3.80. The molecule has 1 nitrogen and oxygen atoms in total. The standard InChI is InChI=1S/C7H13N/c1-5-7(8(5)2)6-3-4-6/h5-7H,3-4H2,1-2H3/t5-,7?,8?/m0/s1. The van der Waals surface area contributed by atoms with Crippen LogP contribution in [0.3, 0.4) is 0 Å². The minimum Gasteiger partial charge on any atom is -0.297 e. The van der Waals surface area contributed by atoms with Gasteiger partial charge in [-0.2, -0.15) is 0 Å². The summed E-state index contributed by atoms with van der Waals surface area (Å²) < 4.78 is 0. The second-order valence-electron chi connectivity index (χ2n) is 3.23. The van der Waals surface area contributed by atoms with E-state index in [1.54, 1.807) is 0 Å². The smallest absolute Gasteiger partial charge is 0.0277 e. The van der Waals surface area contributed by atoms with Crippen molar-refractivity contribution >= 4 is 0 Å². The van der Waals surface area contributed by atoms with E-state index in [1.807, 2.05) is 0 Å². The highest BCUT2D eigenvalue weighted by molar-refractivity contribution is 5.05. The van der Waals surface area contributed by atoms with Gasteiger partial charge in [0.25, 0.3) is 0 Å². The predicted molar refractivity (Wildman–Crippen MR) is 33.7 cm³/mol. The second-order valence-corrected chi connectivity index (χ2v) is 3.23. The Balaban J connectivity index is 1.92. The normalized spacial score (nSPS) is 54.0. The molecule has 0 spiro atoms. The zero-order valence-corrected chi connectivity index (χ0v) is 5.59. The molecule has 2 fully saturated rings. The van der Waals surface area contributed by atoms with Crippen molar-refractivity contribution in [2.45, 2.75) is 31.8 Å². The molecule has 3 atom stereocenters. The van der Waals surface area contributed by atoms with Gasteiger partial charge in [-0.1, -0.05) is 0 Å². The fourth-order valence-electron chi connectivity index (χ4n) is 1.69. The SMILES string of the molecule is C[C@H]1C(C2CC2)N1C. The molecule has 46 valence electrons. The van der Waals surface area contributed by atoms with E-state index in [4.69, 9.17) is 0 Å². The Morgan fingerprint density at radius 3 is 2.00 bits per heavy atom. The van der Waals surface area contributed by atoms with E-state index >= 15 is 0 Å². The Morgan fingerprint density at radius 2 is 1.88 bits per heavy atom. The number of nitrogens with zero attached hydrogens (tertiary/aromatic N) is 1. The lowest BCUT2D eigenvalue weighted by Crippen LogP contribution is -1.94. The van der Waals surface area contributed by atoms with E-state index in [0.29, 0.717) is 0 Å². The first kappa shape index (κ1) is 4.80. The highest BCUT2D eigenvalue weighted by atomic mass is 15.3. The van der Waals surface area contributed by atoms with Crippen LogP contribution >= 0.6 is 0 Å². The van der Waals surface area contributed by atoms with Crippen molar-refractivity contribution in [3.05, 3.63) is 0 Å². The summed E-state index contributed by atoms with van der Waals surface area (Å²) in [7, 11) is 2.23. The van der Waals surface area contributed by atoms with Crippen LogP contribution in [0, 0.1) is 5.92 Å². The van der Waals surface area contributed by atoms with Crippen LogP contribution < -0.4 is 0 Å².